The monoisotopic (exact) mass is 305 g/mol. The molecular weight excluding hydrogens is 290 g/mol. The normalized spacial score (nSPS) is 15.0. The predicted molar refractivity (Wildman–Crippen MR) is 76.4 cm³/mol. The average Bonchev–Trinajstić information content (AvgIpc) is 3.05. The molecule has 1 heterocycles. The van der Waals surface area contributed by atoms with E-state index in [0.717, 1.165) is 28.1 Å². The van der Waals surface area contributed by atoms with Crippen LogP contribution in [0.2, 0.25) is 0 Å². The molecule has 18 heavy (non-hydrogen) atoms. The second-order valence-electron chi connectivity index (χ2n) is 4.88. The molecule has 0 atom stereocenters. The lowest BCUT2D eigenvalue weighted by molar-refractivity contribution is 0.492. The van der Waals surface area contributed by atoms with Gasteiger partial charge in [0.25, 0.3) is 0 Å². The molecule has 2 nitrogen and oxygen atoms in total. The zero-order valence-electron chi connectivity index (χ0n) is 10.4. The number of nitrogens with one attached hydrogen (secondary N) is 1. The molecule has 0 aliphatic heterocycles. The van der Waals surface area contributed by atoms with Gasteiger partial charge in [0.1, 0.15) is 11.5 Å². The lowest BCUT2D eigenvalue weighted by atomic mass is 10.1. The van der Waals surface area contributed by atoms with Crippen molar-refractivity contribution >= 4 is 15.9 Å². The van der Waals surface area contributed by atoms with Crippen LogP contribution in [0.5, 0.6) is 0 Å². The van der Waals surface area contributed by atoms with Crippen LogP contribution in [-0.4, -0.2) is 6.04 Å². The van der Waals surface area contributed by atoms with Gasteiger partial charge in [-0.15, -0.1) is 0 Å². The molecule has 1 aromatic heterocycles. The summed E-state index contributed by atoms with van der Waals surface area (Å²) in [6, 6.07) is 11.1. The second-order valence-corrected chi connectivity index (χ2v) is 5.80. The third-order valence-corrected chi connectivity index (χ3v) is 3.75. The van der Waals surface area contributed by atoms with E-state index in [-0.39, 0.29) is 0 Å². The van der Waals surface area contributed by atoms with Crippen molar-refractivity contribution in [2.75, 3.05) is 0 Å². The zero-order valence-corrected chi connectivity index (χ0v) is 12.0. The molecule has 1 fully saturated rings. The molecule has 0 radical (unpaired) electrons. The van der Waals surface area contributed by atoms with E-state index in [9.17, 15) is 0 Å². The molecule has 0 unspecified atom stereocenters. The first-order valence-electron chi connectivity index (χ1n) is 6.31. The fraction of sp³-hybridized carbons (Fsp3) is 0.333. The summed E-state index contributed by atoms with van der Waals surface area (Å²) in [5.74, 6) is 1.96. The Kier molecular flexibility index (Phi) is 3.27. The van der Waals surface area contributed by atoms with E-state index < -0.39 is 0 Å². The lowest BCUT2D eigenvalue weighted by Gasteiger charge is -2.03. The summed E-state index contributed by atoms with van der Waals surface area (Å²) in [6.45, 7) is 2.94. The van der Waals surface area contributed by atoms with Crippen LogP contribution in [0.15, 0.2) is 39.2 Å². The van der Waals surface area contributed by atoms with Crippen LogP contribution in [-0.2, 0) is 6.54 Å². The predicted octanol–water partition coefficient (Wildman–Crippen LogP) is 4.27. The molecule has 3 rings (SSSR count). The van der Waals surface area contributed by atoms with Crippen LogP contribution < -0.4 is 5.32 Å². The molecule has 1 aliphatic rings. The van der Waals surface area contributed by atoms with E-state index >= 15 is 0 Å². The number of hydrogen-bond acceptors (Lipinski definition) is 2. The SMILES string of the molecule is Cc1cc(Br)ccc1-c1ccc(CNC2CC2)o1. The van der Waals surface area contributed by atoms with Crippen LogP contribution in [0.4, 0.5) is 0 Å². The smallest absolute Gasteiger partial charge is 0.134 e. The minimum atomic E-state index is 0.716. The molecule has 1 N–H and O–H groups in total. The Balaban J connectivity index is 1.78. The molecular formula is C15H16BrNO. The largest absolute Gasteiger partial charge is 0.460 e. The van der Waals surface area contributed by atoms with Crippen molar-refractivity contribution in [2.24, 2.45) is 0 Å². The van der Waals surface area contributed by atoms with Crippen molar-refractivity contribution < 1.29 is 4.42 Å². The maximum Gasteiger partial charge on any atom is 0.134 e. The third-order valence-electron chi connectivity index (χ3n) is 3.26. The molecule has 2 aromatic rings. The Morgan fingerprint density at radius 1 is 1.28 bits per heavy atom. The average molecular weight is 306 g/mol. The van der Waals surface area contributed by atoms with E-state index in [1.54, 1.807) is 0 Å². The number of hydrogen-bond donors (Lipinski definition) is 1. The molecule has 1 aromatic carbocycles. The summed E-state index contributed by atoms with van der Waals surface area (Å²) in [7, 11) is 0. The molecule has 0 spiro atoms. The number of rotatable bonds is 4. The molecule has 3 heteroatoms. The first-order chi connectivity index (χ1) is 8.72. The number of halogens is 1. The van der Waals surface area contributed by atoms with Gasteiger partial charge in [-0.05, 0) is 55.7 Å². The third kappa shape index (κ3) is 2.68. The highest BCUT2D eigenvalue weighted by Crippen LogP contribution is 2.28. The maximum absolute atomic E-state index is 5.89. The summed E-state index contributed by atoms with van der Waals surface area (Å²) < 4.78 is 6.99. The molecule has 1 saturated carbocycles. The van der Waals surface area contributed by atoms with Gasteiger partial charge in [-0.2, -0.15) is 0 Å². The number of benzene rings is 1. The summed E-state index contributed by atoms with van der Waals surface area (Å²) in [5.41, 5.74) is 2.39. The highest BCUT2D eigenvalue weighted by atomic mass is 79.9. The van der Waals surface area contributed by atoms with Gasteiger partial charge in [0.05, 0.1) is 6.54 Å². The van der Waals surface area contributed by atoms with Gasteiger partial charge in [0.15, 0.2) is 0 Å². The van der Waals surface area contributed by atoms with Crippen LogP contribution in [0.3, 0.4) is 0 Å². The Morgan fingerprint density at radius 3 is 2.83 bits per heavy atom. The van der Waals surface area contributed by atoms with Gasteiger partial charge in [0.2, 0.25) is 0 Å². The van der Waals surface area contributed by atoms with Crippen molar-refractivity contribution in [1.29, 1.82) is 0 Å². The van der Waals surface area contributed by atoms with Crippen molar-refractivity contribution in [1.82, 2.24) is 5.32 Å². The van der Waals surface area contributed by atoms with Crippen molar-refractivity contribution in [3.05, 3.63) is 46.1 Å². The van der Waals surface area contributed by atoms with E-state index in [1.165, 1.54) is 18.4 Å². The van der Waals surface area contributed by atoms with Crippen molar-refractivity contribution in [3.63, 3.8) is 0 Å². The first kappa shape index (κ1) is 12.0. The fourth-order valence-corrected chi connectivity index (χ4v) is 2.53. The Labute approximate surface area is 116 Å². The Hall–Kier alpha value is -1.06. The van der Waals surface area contributed by atoms with Crippen molar-refractivity contribution in [2.45, 2.75) is 32.4 Å². The summed E-state index contributed by atoms with van der Waals surface area (Å²) in [4.78, 5) is 0. The Morgan fingerprint density at radius 2 is 2.11 bits per heavy atom. The quantitative estimate of drug-likeness (QED) is 0.912. The van der Waals surface area contributed by atoms with Gasteiger partial charge in [0, 0.05) is 16.1 Å². The van der Waals surface area contributed by atoms with E-state index in [0.29, 0.717) is 6.04 Å². The van der Waals surface area contributed by atoms with E-state index in [4.69, 9.17) is 4.42 Å². The molecule has 0 amide bonds. The van der Waals surface area contributed by atoms with Crippen molar-refractivity contribution in [3.8, 4) is 11.3 Å². The van der Waals surface area contributed by atoms with Gasteiger partial charge in [-0.1, -0.05) is 15.9 Å². The topological polar surface area (TPSA) is 25.2 Å². The second kappa shape index (κ2) is 4.90. The maximum atomic E-state index is 5.89. The highest BCUT2D eigenvalue weighted by molar-refractivity contribution is 9.10. The molecule has 94 valence electrons. The summed E-state index contributed by atoms with van der Waals surface area (Å²) in [5, 5.41) is 3.46. The van der Waals surface area contributed by atoms with Gasteiger partial charge >= 0.3 is 0 Å². The zero-order chi connectivity index (χ0) is 12.5. The molecule has 0 bridgehead atoms. The number of aryl methyl sites for hydroxylation is 1. The van der Waals surface area contributed by atoms with Crippen LogP contribution >= 0.6 is 15.9 Å². The summed E-state index contributed by atoms with van der Waals surface area (Å²) in [6.07, 6.45) is 2.61. The number of furan rings is 1. The van der Waals surface area contributed by atoms with Gasteiger partial charge < -0.3 is 9.73 Å². The van der Waals surface area contributed by atoms with E-state index in [2.05, 4.69) is 52.4 Å². The standard InChI is InChI=1S/C15H16BrNO/c1-10-8-11(16)2-6-14(10)15-7-5-13(18-15)9-17-12-3-4-12/h2,5-8,12,17H,3-4,9H2,1H3. The fourth-order valence-electron chi connectivity index (χ4n) is 2.05. The van der Waals surface area contributed by atoms with Crippen LogP contribution in [0.25, 0.3) is 11.3 Å². The van der Waals surface area contributed by atoms with Gasteiger partial charge in [-0.25, -0.2) is 0 Å². The van der Waals surface area contributed by atoms with Gasteiger partial charge in [-0.3, -0.25) is 0 Å². The minimum absolute atomic E-state index is 0.716. The molecule has 0 saturated heterocycles. The Bertz CT molecular complexity index is 557. The summed E-state index contributed by atoms with van der Waals surface area (Å²) >= 11 is 3.48. The minimum Gasteiger partial charge on any atom is -0.460 e. The van der Waals surface area contributed by atoms with Crippen LogP contribution in [0, 0.1) is 6.92 Å². The van der Waals surface area contributed by atoms with Crippen LogP contribution in [0.1, 0.15) is 24.2 Å². The van der Waals surface area contributed by atoms with E-state index in [1.807, 2.05) is 6.07 Å². The molecule has 1 aliphatic carbocycles. The lowest BCUT2D eigenvalue weighted by Crippen LogP contribution is -2.14. The first-order valence-corrected chi connectivity index (χ1v) is 7.10. The highest BCUT2D eigenvalue weighted by Gasteiger charge is 2.20.